The zero-order chi connectivity index (χ0) is 15.0. The Morgan fingerprint density at radius 2 is 1.95 bits per heavy atom. The van der Waals surface area contributed by atoms with Gasteiger partial charge >= 0.3 is 5.69 Å². The van der Waals surface area contributed by atoms with Crippen LogP contribution in [0, 0.1) is 0 Å². The third kappa shape index (κ3) is 2.40. The molecule has 0 aliphatic carbocycles. The van der Waals surface area contributed by atoms with E-state index in [1.807, 2.05) is 14.0 Å². The van der Waals surface area contributed by atoms with Crippen LogP contribution in [-0.4, -0.2) is 50.2 Å². The largest absolute Gasteiger partial charge is 0.330 e. The Balaban J connectivity index is 2.08. The van der Waals surface area contributed by atoms with E-state index in [4.69, 9.17) is 0 Å². The first kappa shape index (κ1) is 14.0. The quantitative estimate of drug-likeness (QED) is 0.746. The highest BCUT2D eigenvalue weighted by Crippen LogP contribution is 2.11. The number of aromatic nitrogens is 4. The molecule has 1 aliphatic rings. The van der Waals surface area contributed by atoms with Gasteiger partial charge in [-0.2, -0.15) is 0 Å². The number of H-pyrrole nitrogens is 1. The highest BCUT2D eigenvalue weighted by molar-refractivity contribution is 5.70. The van der Waals surface area contributed by atoms with E-state index in [0.717, 1.165) is 32.0 Å². The maximum absolute atomic E-state index is 12.0. The molecule has 1 saturated heterocycles. The number of aryl methyl sites for hydroxylation is 2. The minimum Gasteiger partial charge on any atom is -0.324 e. The maximum atomic E-state index is 12.0. The van der Waals surface area contributed by atoms with Crippen LogP contribution in [0.2, 0.25) is 0 Å². The second-order valence-corrected chi connectivity index (χ2v) is 5.29. The number of piperazine rings is 1. The van der Waals surface area contributed by atoms with Crippen molar-refractivity contribution in [3.05, 3.63) is 26.7 Å². The van der Waals surface area contributed by atoms with Crippen LogP contribution in [0.1, 0.15) is 12.7 Å². The van der Waals surface area contributed by atoms with Crippen molar-refractivity contribution in [3.8, 4) is 0 Å². The molecule has 3 rings (SSSR count). The molecule has 0 atom stereocenters. The van der Waals surface area contributed by atoms with E-state index >= 15 is 0 Å². The Kier molecular flexibility index (Phi) is 3.64. The summed E-state index contributed by atoms with van der Waals surface area (Å²) in [6, 6.07) is 0. The van der Waals surface area contributed by atoms with Crippen LogP contribution in [0.5, 0.6) is 0 Å². The number of nitrogens with zero attached hydrogens (tertiary/aromatic N) is 4. The van der Waals surface area contributed by atoms with Crippen molar-refractivity contribution >= 4 is 11.2 Å². The molecular weight excluding hydrogens is 272 g/mol. The summed E-state index contributed by atoms with van der Waals surface area (Å²) >= 11 is 0. The van der Waals surface area contributed by atoms with E-state index in [9.17, 15) is 9.59 Å². The van der Waals surface area contributed by atoms with Gasteiger partial charge in [-0.25, -0.2) is 9.78 Å². The molecule has 8 heteroatoms. The van der Waals surface area contributed by atoms with E-state index in [1.54, 1.807) is 4.57 Å². The van der Waals surface area contributed by atoms with Crippen molar-refractivity contribution in [1.82, 2.24) is 29.3 Å². The van der Waals surface area contributed by atoms with Gasteiger partial charge in [-0.1, -0.05) is 0 Å². The Morgan fingerprint density at radius 3 is 2.62 bits per heavy atom. The van der Waals surface area contributed by atoms with Crippen molar-refractivity contribution in [1.29, 1.82) is 0 Å². The molecule has 114 valence electrons. The zero-order valence-corrected chi connectivity index (χ0v) is 12.3. The van der Waals surface area contributed by atoms with Crippen molar-refractivity contribution in [2.24, 2.45) is 7.05 Å². The minimum atomic E-state index is -0.401. The van der Waals surface area contributed by atoms with Gasteiger partial charge in [0, 0.05) is 39.8 Å². The van der Waals surface area contributed by atoms with Gasteiger partial charge in [-0.15, -0.1) is 0 Å². The zero-order valence-electron chi connectivity index (χ0n) is 12.3. The van der Waals surface area contributed by atoms with Crippen LogP contribution in [0.25, 0.3) is 11.2 Å². The van der Waals surface area contributed by atoms with E-state index in [1.165, 1.54) is 4.57 Å². The number of fused-ring (bicyclic) bond motifs is 1. The molecule has 2 aromatic heterocycles. The number of hydrogen-bond acceptors (Lipinski definition) is 5. The van der Waals surface area contributed by atoms with Crippen LogP contribution in [0.15, 0.2) is 9.59 Å². The topological polar surface area (TPSA) is 87.9 Å². The van der Waals surface area contributed by atoms with Crippen LogP contribution in [-0.2, 0) is 20.1 Å². The molecule has 0 unspecified atom stereocenters. The standard InChI is InChI=1S/C13H20N6O2/c1-3-19-11-10(12(20)16-13(19)21)17(2)9(15-11)8-18-6-4-14-5-7-18/h14H,3-8H2,1-2H3,(H,16,20,21). The molecule has 2 aromatic rings. The SMILES string of the molecule is CCn1c(=O)[nH]c(=O)c2c1nc(CN1CCNCC1)n2C. The monoisotopic (exact) mass is 292 g/mol. The fourth-order valence-electron chi connectivity index (χ4n) is 2.80. The lowest BCUT2D eigenvalue weighted by Gasteiger charge is -2.26. The van der Waals surface area contributed by atoms with Crippen molar-refractivity contribution in [3.63, 3.8) is 0 Å². The normalized spacial score (nSPS) is 16.7. The van der Waals surface area contributed by atoms with Gasteiger partial charge in [0.25, 0.3) is 5.56 Å². The maximum Gasteiger partial charge on any atom is 0.330 e. The molecule has 1 fully saturated rings. The highest BCUT2D eigenvalue weighted by Gasteiger charge is 2.18. The van der Waals surface area contributed by atoms with Gasteiger partial charge in [0.15, 0.2) is 11.2 Å². The van der Waals surface area contributed by atoms with Crippen molar-refractivity contribution in [2.45, 2.75) is 20.0 Å². The predicted molar refractivity (Wildman–Crippen MR) is 79.4 cm³/mol. The molecule has 0 radical (unpaired) electrons. The second-order valence-electron chi connectivity index (χ2n) is 5.29. The summed E-state index contributed by atoms with van der Waals surface area (Å²) in [4.78, 5) is 33.1. The average molecular weight is 292 g/mol. The molecule has 21 heavy (non-hydrogen) atoms. The fraction of sp³-hybridized carbons (Fsp3) is 0.615. The van der Waals surface area contributed by atoms with Crippen LogP contribution >= 0.6 is 0 Å². The Labute approximate surface area is 121 Å². The van der Waals surface area contributed by atoms with Gasteiger partial charge < -0.3 is 9.88 Å². The van der Waals surface area contributed by atoms with Gasteiger partial charge in [0.05, 0.1) is 6.54 Å². The van der Waals surface area contributed by atoms with Gasteiger partial charge in [-0.05, 0) is 6.92 Å². The van der Waals surface area contributed by atoms with Crippen molar-refractivity contribution in [2.75, 3.05) is 26.2 Å². The summed E-state index contributed by atoms with van der Waals surface area (Å²) in [7, 11) is 1.83. The number of rotatable bonds is 3. The number of nitrogens with one attached hydrogen (secondary N) is 2. The minimum absolute atomic E-state index is 0.374. The van der Waals surface area contributed by atoms with Gasteiger partial charge in [-0.3, -0.25) is 19.2 Å². The van der Waals surface area contributed by atoms with Crippen LogP contribution in [0.3, 0.4) is 0 Å². The summed E-state index contributed by atoms with van der Waals surface area (Å²) in [5, 5.41) is 3.31. The molecule has 1 aliphatic heterocycles. The van der Waals surface area contributed by atoms with E-state index in [-0.39, 0.29) is 5.56 Å². The number of imidazole rings is 1. The lowest BCUT2D eigenvalue weighted by Crippen LogP contribution is -2.43. The Hall–Kier alpha value is -1.93. The summed E-state index contributed by atoms with van der Waals surface area (Å²) in [5.74, 6) is 0.810. The van der Waals surface area contributed by atoms with Gasteiger partial charge in [0.2, 0.25) is 0 Å². The summed E-state index contributed by atoms with van der Waals surface area (Å²) in [6.07, 6.45) is 0. The van der Waals surface area contributed by atoms with E-state index in [2.05, 4.69) is 20.2 Å². The molecule has 3 heterocycles. The second kappa shape index (κ2) is 5.45. The van der Waals surface area contributed by atoms with E-state index < -0.39 is 5.69 Å². The fourth-order valence-corrected chi connectivity index (χ4v) is 2.80. The molecule has 0 saturated carbocycles. The first-order valence-corrected chi connectivity index (χ1v) is 7.23. The molecule has 0 amide bonds. The van der Waals surface area contributed by atoms with E-state index in [0.29, 0.717) is 24.3 Å². The Bertz CT molecular complexity index is 765. The lowest BCUT2D eigenvalue weighted by molar-refractivity contribution is 0.226. The smallest absolute Gasteiger partial charge is 0.324 e. The summed E-state index contributed by atoms with van der Waals surface area (Å²) in [5.41, 5.74) is 0.156. The third-order valence-corrected chi connectivity index (χ3v) is 4.00. The van der Waals surface area contributed by atoms with Crippen molar-refractivity contribution < 1.29 is 0 Å². The van der Waals surface area contributed by atoms with Crippen LogP contribution < -0.4 is 16.6 Å². The molecule has 2 N–H and O–H groups in total. The molecule has 0 bridgehead atoms. The third-order valence-electron chi connectivity index (χ3n) is 4.00. The van der Waals surface area contributed by atoms with Crippen LogP contribution in [0.4, 0.5) is 0 Å². The summed E-state index contributed by atoms with van der Waals surface area (Å²) < 4.78 is 3.29. The average Bonchev–Trinajstić information content (AvgIpc) is 2.78. The molecule has 0 aromatic carbocycles. The molecule has 8 nitrogen and oxygen atoms in total. The molecular formula is C13H20N6O2. The summed E-state index contributed by atoms with van der Waals surface area (Å²) in [6.45, 7) is 6.87. The first-order valence-electron chi connectivity index (χ1n) is 7.23. The lowest BCUT2D eigenvalue weighted by atomic mass is 10.3. The number of aromatic amines is 1. The first-order chi connectivity index (χ1) is 10.1. The predicted octanol–water partition coefficient (Wildman–Crippen LogP) is -1.15. The molecule has 0 spiro atoms. The van der Waals surface area contributed by atoms with Gasteiger partial charge in [0.1, 0.15) is 5.82 Å². The Morgan fingerprint density at radius 1 is 1.24 bits per heavy atom. The highest BCUT2D eigenvalue weighted by atomic mass is 16.2. The number of hydrogen-bond donors (Lipinski definition) is 2.